The lowest BCUT2D eigenvalue weighted by atomic mass is 10.1. The summed E-state index contributed by atoms with van der Waals surface area (Å²) in [6.07, 6.45) is 1.68. The highest BCUT2D eigenvalue weighted by atomic mass is 16.5. The molecule has 0 atom stereocenters. The van der Waals surface area contributed by atoms with Crippen molar-refractivity contribution in [2.45, 2.75) is 6.92 Å². The number of fused-ring (bicyclic) bond motifs is 1. The van der Waals surface area contributed by atoms with E-state index in [2.05, 4.69) is 9.98 Å². The van der Waals surface area contributed by atoms with Gasteiger partial charge in [-0.25, -0.2) is 0 Å². The van der Waals surface area contributed by atoms with Gasteiger partial charge in [0.15, 0.2) is 5.88 Å². The number of methoxy groups -OCH3 is 1. The van der Waals surface area contributed by atoms with Gasteiger partial charge in [-0.2, -0.15) is 0 Å². The second-order valence-electron chi connectivity index (χ2n) is 4.84. The van der Waals surface area contributed by atoms with Crippen LogP contribution in [0.25, 0.3) is 10.9 Å². The number of rotatable bonds is 3. The van der Waals surface area contributed by atoms with Gasteiger partial charge in [0.1, 0.15) is 5.75 Å². The third-order valence-corrected chi connectivity index (χ3v) is 3.47. The number of hydrogen-bond acceptors (Lipinski definition) is 3. The number of para-hydroxylation sites is 1. The summed E-state index contributed by atoms with van der Waals surface area (Å²) in [7, 11) is 1.62. The lowest BCUT2D eigenvalue weighted by Crippen LogP contribution is -1.83. The van der Waals surface area contributed by atoms with Crippen molar-refractivity contribution in [3.8, 4) is 11.6 Å². The van der Waals surface area contributed by atoms with E-state index in [-0.39, 0.29) is 5.88 Å². The largest absolute Gasteiger partial charge is 0.497 e. The zero-order chi connectivity index (χ0) is 14.8. The fourth-order valence-corrected chi connectivity index (χ4v) is 2.28. The first kappa shape index (κ1) is 13.2. The Morgan fingerprint density at radius 3 is 2.76 bits per heavy atom. The Balaban J connectivity index is 2.07. The quantitative estimate of drug-likeness (QED) is 0.714. The maximum absolute atomic E-state index is 10.1. The molecule has 3 aromatic rings. The first-order valence-electron chi connectivity index (χ1n) is 6.67. The van der Waals surface area contributed by atoms with Gasteiger partial charge in [-0.05, 0) is 36.8 Å². The van der Waals surface area contributed by atoms with Gasteiger partial charge >= 0.3 is 0 Å². The normalized spacial score (nSPS) is 11.3. The molecule has 0 aliphatic rings. The molecule has 4 nitrogen and oxygen atoms in total. The molecule has 0 radical (unpaired) electrons. The minimum Gasteiger partial charge on any atom is -0.497 e. The van der Waals surface area contributed by atoms with Gasteiger partial charge in [0.25, 0.3) is 0 Å². The van der Waals surface area contributed by atoms with Crippen LogP contribution in [0.5, 0.6) is 11.6 Å². The van der Waals surface area contributed by atoms with E-state index in [1.807, 2.05) is 49.4 Å². The number of aromatic hydroxyl groups is 1. The molecule has 0 fully saturated rings. The van der Waals surface area contributed by atoms with Gasteiger partial charge < -0.3 is 14.8 Å². The van der Waals surface area contributed by atoms with E-state index in [4.69, 9.17) is 4.74 Å². The molecule has 0 saturated heterocycles. The second-order valence-corrected chi connectivity index (χ2v) is 4.84. The fourth-order valence-electron chi connectivity index (χ4n) is 2.28. The molecule has 0 unspecified atom stereocenters. The molecule has 0 aliphatic carbocycles. The van der Waals surface area contributed by atoms with Gasteiger partial charge in [0.2, 0.25) is 0 Å². The number of ether oxygens (including phenoxy) is 1. The van der Waals surface area contributed by atoms with Gasteiger partial charge in [-0.1, -0.05) is 18.2 Å². The van der Waals surface area contributed by atoms with Crippen LogP contribution < -0.4 is 4.74 Å². The average molecular weight is 280 g/mol. The summed E-state index contributed by atoms with van der Waals surface area (Å²) in [6.45, 7) is 2.00. The summed E-state index contributed by atoms with van der Waals surface area (Å²) in [5.41, 5.74) is 3.48. The minimum atomic E-state index is 0.107. The highest BCUT2D eigenvalue weighted by Crippen LogP contribution is 2.29. The summed E-state index contributed by atoms with van der Waals surface area (Å²) >= 11 is 0. The molecular weight excluding hydrogens is 264 g/mol. The number of aromatic nitrogens is 1. The molecule has 2 aromatic carbocycles. The highest BCUT2D eigenvalue weighted by molar-refractivity contribution is 6.03. The lowest BCUT2D eigenvalue weighted by molar-refractivity contribution is 0.415. The van der Waals surface area contributed by atoms with Crippen LogP contribution in [0.2, 0.25) is 0 Å². The van der Waals surface area contributed by atoms with Crippen molar-refractivity contribution in [1.29, 1.82) is 0 Å². The van der Waals surface area contributed by atoms with Gasteiger partial charge in [-0.15, -0.1) is 0 Å². The minimum absolute atomic E-state index is 0.107. The monoisotopic (exact) mass is 280 g/mol. The Labute approximate surface area is 122 Å². The highest BCUT2D eigenvalue weighted by Gasteiger charge is 2.09. The fraction of sp³-hybridized carbons (Fsp3) is 0.118. The Bertz CT molecular complexity index is 819. The van der Waals surface area contributed by atoms with E-state index in [9.17, 15) is 5.11 Å². The van der Waals surface area contributed by atoms with E-state index >= 15 is 0 Å². The van der Waals surface area contributed by atoms with Crippen LogP contribution in [0.15, 0.2) is 47.5 Å². The lowest BCUT2D eigenvalue weighted by Gasteiger charge is -2.00. The molecule has 1 heterocycles. The molecule has 0 amide bonds. The van der Waals surface area contributed by atoms with Crippen LogP contribution in [-0.4, -0.2) is 23.4 Å². The van der Waals surface area contributed by atoms with E-state index in [0.29, 0.717) is 5.56 Å². The first-order chi connectivity index (χ1) is 10.2. The van der Waals surface area contributed by atoms with Gasteiger partial charge in [-0.3, -0.25) is 4.99 Å². The number of nitrogens with one attached hydrogen (secondary N) is 1. The van der Waals surface area contributed by atoms with Crippen molar-refractivity contribution in [3.05, 3.63) is 53.6 Å². The molecular formula is C17H16N2O2. The summed E-state index contributed by atoms with van der Waals surface area (Å²) in [5, 5.41) is 10.9. The summed E-state index contributed by atoms with van der Waals surface area (Å²) in [5.74, 6) is 0.850. The predicted octanol–water partition coefficient (Wildman–Crippen LogP) is 3.94. The Kier molecular flexibility index (Phi) is 3.36. The van der Waals surface area contributed by atoms with Crippen molar-refractivity contribution in [1.82, 2.24) is 4.98 Å². The predicted molar refractivity (Wildman–Crippen MR) is 84.9 cm³/mol. The molecule has 0 bridgehead atoms. The van der Waals surface area contributed by atoms with Crippen molar-refractivity contribution in [2.75, 3.05) is 7.11 Å². The van der Waals surface area contributed by atoms with E-state index in [1.165, 1.54) is 0 Å². The molecule has 4 heteroatoms. The molecule has 2 N–H and O–H groups in total. The standard InChI is InChI=1S/C17H16N2O2/c1-11-5-3-4-6-15(11)18-10-14-13-9-12(21-2)7-8-16(13)19-17(14)20/h3-10,19-20H,1-2H3. The Morgan fingerprint density at radius 1 is 1.19 bits per heavy atom. The van der Waals surface area contributed by atoms with E-state index in [0.717, 1.165) is 27.9 Å². The topological polar surface area (TPSA) is 57.6 Å². The van der Waals surface area contributed by atoms with Crippen LogP contribution >= 0.6 is 0 Å². The maximum atomic E-state index is 10.1. The number of nitrogens with zero attached hydrogens (tertiary/aromatic N) is 1. The number of benzene rings is 2. The average Bonchev–Trinajstić information content (AvgIpc) is 2.81. The van der Waals surface area contributed by atoms with Crippen LogP contribution in [0, 0.1) is 6.92 Å². The van der Waals surface area contributed by atoms with Crippen LogP contribution in [0.3, 0.4) is 0 Å². The van der Waals surface area contributed by atoms with Crippen LogP contribution in [0.4, 0.5) is 5.69 Å². The van der Waals surface area contributed by atoms with Crippen LogP contribution in [0.1, 0.15) is 11.1 Å². The second kappa shape index (κ2) is 5.32. The molecule has 21 heavy (non-hydrogen) atoms. The van der Waals surface area contributed by atoms with Crippen molar-refractivity contribution in [2.24, 2.45) is 4.99 Å². The molecule has 106 valence electrons. The molecule has 0 aliphatic heterocycles. The number of hydrogen-bond donors (Lipinski definition) is 2. The third-order valence-electron chi connectivity index (χ3n) is 3.47. The zero-order valence-corrected chi connectivity index (χ0v) is 11.9. The number of aromatic amines is 1. The molecule has 3 rings (SSSR count). The molecule has 0 spiro atoms. The Morgan fingerprint density at radius 2 is 2.00 bits per heavy atom. The zero-order valence-electron chi connectivity index (χ0n) is 11.9. The Hall–Kier alpha value is -2.75. The van der Waals surface area contributed by atoms with E-state index in [1.54, 1.807) is 13.3 Å². The number of aryl methyl sites for hydroxylation is 1. The number of H-pyrrole nitrogens is 1. The van der Waals surface area contributed by atoms with E-state index < -0.39 is 0 Å². The van der Waals surface area contributed by atoms with Crippen LogP contribution in [-0.2, 0) is 0 Å². The van der Waals surface area contributed by atoms with Crippen molar-refractivity contribution >= 4 is 22.8 Å². The maximum Gasteiger partial charge on any atom is 0.198 e. The third kappa shape index (κ3) is 2.48. The number of aliphatic imine (C=N–C) groups is 1. The van der Waals surface area contributed by atoms with Crippen molar-refractivity contribution < 1.29 is 9.84 Å². The molecule has 1 aromatic heterocycles. The summed E-state index contributed by atoms with van der Waals surface area (Å²) in [4.78, 5) is 7.41. The van der Waals surface area contributed by atoms with Crippen molar-refractivity contribution in [3.63, 3.8) is 0 Å². The molecule has 0 saturated carbocycles. The van der Waals surface area contributed by atoms with Gasteiger partial charge in [0.05, 0.1) is 18.4 Å². The smallest absolute Gasteiger partial charge is 0.198 e. The first-order valence-corrected chi connectivity index (χ1v) is 6.67. The summed E-state index contributed by atoms with van der Waals surface area (Å²) in [6, 6.07) is 13.5. The SMILES string of the molecule is COc1ccc2[nH]c(O)c(C=Nc3ccccc3C)c2c1. The summed E-state index contributed by atoms with van der Waals surface area (Å²) < 4.78 is 5.23. The van der Waals surface area contributed by atoms with Gasteiger partial charge in [0, 0.05) is 17.1 Å².